The van der Waals surface area contributed by atoms with Crippen molar-refractivity contribution >= 4 is 11.7 Å². The van der Waals surface area contributed by atoms with Crippen LogP contribution in [0.1, 0.15) is 58.5 Å². The highest BCUT2D eigenvalue weighted by Gasteiger charge is 2.26. The van der Waals surface area contributed by atoms with Crippen LogP contribution in [0.15, 0.2) is 48.7 Å². The van der Waals surface area contributed by atoms with Crippen LogP contribution in [0.4, 0.5) is 0 Å². The lowest BCUT2D eigenvalue weighted by atomic mass is 9.92. The Morgan fingerprint density at radius 2 is 1.94 bits per heavy atom. The van der Waals surface area contributed by atoms with Gasteiger partial charge >= 0.3 is 0 Å². The summed E-state index contributed by atoms with van der Waals surface area (Å²) < 4.78 is 7.61. The standard InChI is InChI=1S/C25H27N3O3/c1-16-6-4-8-23(17(16)2)28-24-9-5-7-22(21(24)14-26-28)27-25(30)15-31-20-12-10-19(11-13-20)18(3)29/h4,6,8,10-14,22H,5,7,9,15H2,1-3H3,(H,27,30). The summed E-state index contributed by atoms with van der Waals surface area (Å²) in [6, 6.07) is 13.0. The first kappa shape index (κ1) is 20.8. The summed E-state index contributed by atoms with van der Waals surface area (Å²) in [5.74, 6) is 0.388. The lowest BCUT2D eigenvalue weighted by Crippen LogP contribution is -2.34. The van der Waals surface area contributed by atoms with Crippen LogP contribution < -0.4 is 10.1 Å². The zero-order valence-corrected chi connectivity index (χ0v) is 18.1. The van der Waals surface area contributed by atoms with Crippen molar-refractivity contribution < 1.29 is 14.3 Å². The highest BCUT2D eigenvalue weighted by atomic mass is 16.5. The zero-order valence-electron chi connectivity index (χ0n) is 18.1. The van der Waals surface area contributed by atoms with Crippen LogP contribution in [0, 0.1) is 13.8 Å². The Balaban J connectivity index is 1.44. The monoisotopic (exact) mass is 417 g/mol. The van der Waals surface area contributed by atoms with Gasteiger partial charge in [0.05, 0.1) is 17.9 Å². The first-order valence-electron chi connectivity index (χ1n) is 10.6. The second-order valence-corrected chi connectivity index (χ2v) is 8.06. The van der Waals surface area contributed by atoms with Gasteiger partial charge in [0.2, 0.25) is 0 Å². The van der Waals surface area contributed by atoms with Crippen LogP contribution in [-0.4, -0.2) is 28.1 Å². The molecule has 31 heavy (non-hydrogen) atoms. The Kier molecular flexibility index (Phi) is 5.89. The van der Waals surface area contributed by atoms with E-state index in [1.165, 1.54) is 18.1 Å². The van der Waals surface area contributed by atoms with Gasteiger partial charge < -0.3 is 10.1 Å². The van der Waals surface area contributed by atoms with E-state index in [0.29, 0.717) is 11.3 Å². The van der Waals surface area contributed by atoms with Gasteiger partial charge in [-0.1, -0.05) is 12.1 Å². The Labute approximate surface area is 182 Å². The van der Waals surface area contributed by atoms with Crippen molar-refractivity contribution in [3.8, 4) is 11.4 Å². The maximum atomic E-state index is 12.5. The first-order valence-corrected chi connectivity index (χ1v) is 10.6. The third kappa shape index (κ3) is 4.38. The smallest absolute Gasteiger partial charge is 0.258 e. The molecule has 2 aromatic carbocycles. The lowest BCUT2D eigenvalue weighted by Gasteiger charge is -2.24. The summed E-state index contributed by atoms with van der Waals surface area (Å²) in [5, 5.41) is 7.74. The van der Waals surface area contributed by atoms with Gasteiger partial charge in [-0.3, -0.25) is 9.59 Å². The van der Waals surface area contributed by atoms with E-state index in [0.717, 1.165) is 36.2 Å². The molecule has 0 saturated heterocycles. The largest absolute Gasteiger partial charge is 0.484 e. The van der Waals surface area contributed by atoms with E-state index in [1.807, 2.05) is 16.9 Å². The van der Waals surface area contributed by atoms with Crippen LogP contribution >= 0.6 is 0 Å². The van der Waals surface area contributed by atoms with E-state index in [4.69, 9.17) is 4.74 Å². The van der Waals surface area contributed by atoms with E-state index >= 15 is 0 Å². The number of ether oxygens (including phenoxy) is 1. The number of carbonyl (C=O) groups is 2. The minimum Gasteiger partial charge on any atom is -0.484 e. The van der Waals surface area contributed by atoms with Gasteiger partial charge in [-0.25, -0.2) is 4.68 Å². The van der Waals surface area contributed by atoms with E-state index in [9.17, 15) is 9.59 Å². The highest BCUT2D eigenvalue weighted by Crippen LogP contribution is 2.32. The van der Waals surface area contributed by atoms with Crippen molar-refractivity contribution in [2.75, 3.05) is 6.61 Å². The molecule has 0 saturated carbocycles. The predicted octanol–water partition coefficient (Wildman–Crippen LogP) is 4.26. The molecule has 0 radical (unpaired) electrons. The van der Waals surface area contributed by atoms with Crippen molar-refractivity contribution in [1.29, 1.82) is 0 Å². The number of hydrogen-bond donors (Lipinski definition) is 1. The van der Waals surface area contributed by atoms with E-state index in [-0.39, 0.29) is 24.3 Å². The maximum absolute atomic E-state index is 12.5. The third-order valence-electron chi connectivity index (χ3n) is 5.95. The van der Waals surface area contributed by atoms with Crippen LogP contribution in [0.25, 0.3) is 5.69 Å². The third-order valence-corrected chi connectivity index (χ3v) is 5.95. The van der Waals surface area contributed by atoms with Gasteiger partial charge in [0.15, 0.2) is 12.4 Å². The number of aromatic nitrogens is 2. The fourth-order valence-electron chi connectivity index (χ4n) is 4.05. The number of benzene rings is 2. The predicted molar refractivity (Wildman–Crippen MR) is 119 cm³/mol. The molecule has 4 rings (SSSR count). The van der Waals surface area contributed by atoms with E-state index in [2.05, 4.69) is 36.4 Å². The number of nitrogens with zero attached hydrogens (tertiary/aromatic N) is 2. The summed E-state index contributed by atoms with van der Waals surface area (Å²) in [7, 11) is 0. The molecule has 1 aliphatic carbocycles. The zero-order chi connectivity index (χ0) is 22.0. The normalized spacial score (nSPS) is 15.3. The highest BCUT2D eigenvalue weighted by molar-refractivity contribution is 5.94. The van der Waals surface area contributed by atoms with Gasteiger partial charge in [-0.15, -0.1) is 0 Å². The molecule has 6 heteroatoms. The number of hydrogen-bond acceptors (Lipinski definition) is 4. The molecule has 1 N–H and O–H groups in total. The van der Waals surface area contributed by atoms with E-state index < -0.39 is 0 Å². The molecule has 3 aromatic rings. The molecule has 1 aromatic heterocycles. The molecule has 0 spiro atoms. The first-order chi connectivity index (χ1) is 14.9. The fraction of sp³-hybridized carbons (Fsp3) is 0.320. The van der Waals surface area contributed by atoms with Crippen LogP contribution in [0.3, 0.4) is 0 Å². The average molecular weight is 418 g/mol. The Hall–Kier alpha value is -3.41. The Bertz CT molecular complexity index is 1120. The maximum Gasteiger partial charge on any atom is 0.258 e. The van der Waals surface area contributed by atoms with E-state index in [1.54, 1.807) is 24.3 Å². The molecule has 0 bridgehead atoms. The number of aryl methyl sites for hydroxylation is 1. The number of nitrogens with one attached hydrogen (secondary N) is 1. The van der Waals surface area contributed by atoms with Crippen molar-refractivity contribution in [2.24, 2.45) is 0 Å². The fourth-order valence-corrected chi connectivity index (χ4v) is 4.05. The molecule has 1 aliphatic rings. The summed E-state index contributed by atoms with van der Waals surface area (Å²) in [4.78, 5) is 23.9. The van der Waals surface area contributed by atoms with Gasteiger partial charge in [-0.2, -0.15) is 5.10 Å². The molecule has 1 unspecified atom stereocenters. The summed E-state index contributed by atoms with van der Waals surface area (Å²) >= 11 is 0. The number of Topliss-reactive ketones (excluding diaryl/α,β-unsaturated/α-hetero) is 1. The SMILES string of the molecule is CC(=O)c1ccc(OCC(=O)NC2CCCc3c2cnn3-c2cccc(C)c2C)cc1. The topological polar surface area (TPSA) is 73.2 Å². The van der Waals surface area contributed by atoms with Crippen molar-refractivity contribution in [3.05, 3.63) is 76.6 Å². The molecule has 1 atom stereocenters. The van der Waals surface area contributed by atoms with Crippen LogP contribution in [0.2, 0.25) is 0 Å². The van der Waals surface area contributed by atoms with Gasteiger partial charge in [0.1, 0.15) is 5.75 Å². The molecule has 0 fully saturated rings. The average Bonchev–Trinajstić information content (AvgIpc) is 3.19. The lowest BCUT2D eigenvalue weighted by molar-refractivity contribution is -0.124. The molecule has 6 nitrogen and oxygen atoms in total. The molecule has 160 valence electrons. The Morgan fingerprint density at radius 1 is 1.16 bits per heavy atom. The molecule has 1 heterocycles. The van der Waals surface area contributed by atoms with Crippen molar-refractivity contribution in [3.63, 3.8) is 0 Å². The minimum atomic E-state index is -0.173. The Morgan fingerprint density at radius 3 is 2.68 bits per heavy atom. The molecule has 0 aliphatic heterocycles. The number of carbonyl (C=O) groups excluding carboxylic acids is 2. The van der Waals surface area contributed by atoms with Gasteiger partial charge in [0, 0.05) is 16.8 Å². The van der Waals surface area contributed by atoms with Gasteiger partial charge in [0.25, 0.3) is 5.91 Å². The minimum absolute atomic E-state index is 0.00111. The van der Waals surface area contributed by atoms with Crippen LogP contribution in [0.5, 0.6) is 5.75 Å². The summed E-state index contributed by atoms with van der Waals surface area (Å²) in [5.41, 5.74) is 6.38. The number of amides is 1. The number of fused-ring (bicyclic) bond motifs is 1. The van der Waals surface area contributed by atoms with Crippen molar-refractivity contribution in [1.82, 2.24) is 15.1 Å². The van der Waals surface area contributed by atoms with Crippen LogP contribution in [-0.2, 0) is 11.2 Å². The molecule has 1 amide bonds. The second kappa shape index (κ2) is 8.76. The molecular weight excluding hydrogens is 390 g/mol. The number of rotatable bonds is 6. The van der Waals surface area contributed by atoms with Crippen molar-refractivity contribution in [2.45, 2.75) is 46.1 Å². The van der Waals surface area contributed by atoms with Gasteiger partial charge in [-0.05, 0) is 81.5 Å². The quantitative estimate of drug-likeness (QED) is 0.608. The summed E-state index contributed by atoms with van der Waals surface area (Å²) in [6.07, 6.45) is 4.68. The second-order valence-electron chi connectivity index (χ2n) is 8.06. The summed E-state index contributed by atoms with van der Waals surface area (Å²) in [6.45, 7) is 5.66. The molecular formula is C25H27N3O3. The number of ketones is 1.